The fourth-order valence-corrected chi connectivity index (χ4v) is 6.23. The Morgan fingerprint density at radius 1 is 0.556 bits per heavy atom. The Morgan fingerprint density at radius 2 is 0.978 bits per heavy atom. The number of benzene rings is 3. The van der Waals surface area contributed by atoms with Crippen LogP contribution >= 0.6 is 0 Å². The summed E-state index contributed by atoms with van der Waals surface area (Å²) >= 11 is 0. The highest BCUT2D eigenvalue weighted by Gasteiger charge is 2.20. The first-order chi connectivity index (χ1) is 21.8. The van der Waals surface area contributed by atoms with Crippen LogP contribution in [0.3, 0.4) is 0 Å². The molecule has 0 N–H and O–H groups in total. The first-order valence-electron chi connectivity index (χ1n) is 16.2. The van der Waals surface area contributed by atoms with Gasteiger partial charge in [0.15, 0.2) is 0 Å². The molecule has 2 saturated heterocycles. The second-order valence-corrected chi connectivity index (χ2v) is 12.9. The lowest BCUT2D eigenvalue weighted by Crippen LogP contribution is -2.48. The molecule has 8 nitrogen and oxygen atoms in total. The molecule has 0 bridgehead atoms. The van der Waals surface area contributed by atoms with Crippen LogP contribution in [0.4, 0.5) is 15.8 Å². The molecule has 1 aromatic heterocycles. The number of aromatic nitrogens is 2. The Morgan fingerprint density at radius 3 is 1.40 bits per heavy atom. The fraction of sp³-hybridized carbons (Fsp3) is 0.444. The minimum absolute atomic E-state index is 0.304. The van der Waals surface area contributed by atoms with Gasteiger partial charge in [-0.3, -0.25) is 9.80 Å². The van der Waals surface area contributed by atoms with E-state index in [0.29, 0.717) is 11.0 Å². The summed E-state index contributed by atoms with van der Waals surface area (Å²) in [6, 6.07) is 22.0. The van der Waals surface area contributed by atoms with Crippen LogP contribution in [0, 0.1) is 5.82 Å². The standard InChI is InChI=1S/C36H47FN8/c1-40(2)15-17-42-19-23-44(24-20-42)31-10-5-28(6-11-31)35-36(39-34-27-30(37)9-14-33(34)38-35)29-7-12-32(13-8-29)45-25-21-43(22-26-45)18-16-41(3)4/h5-14,27H,15-26H2,1-4H3. The van der Waals surface area contributed by atoms with Gasteiger partial charge in [0.05, 0.1) is 22.4 Å². The van der Waals surface area contributed by atoms with Gasteiger partial charge in [0.2, 0.25) is 0 Å². The van der Waals surface area contributed by atoms with Crippen molar-refractivity contribution in [3.05, 3.63) is 72.5 Å². The largest absolute Gasteiger partial charge is 0.369 e. The Balaban J connectivity index is 1.20. The molecule has 0 unspecified atom stereocenters. The fourth-order valence-electron chi connectivity index (χ4n) is 6.23. The highest BCUT2D eigenvalue weighted by Crippen LogP contribution is 2.33. The number of nitrogens with zero attached hydrogens (tertiary/aromatic N) is 8. The van der Waals surface area contributed by atoms with E-state index < -0.39 is 0 Å². The molecule has 9 heteroatoms. The molecule has 3 heterocycles. The van der Waals surface area contributed by atoms with E-state index in [1.54, 1.807) is 6.07 Å². The second-order valence-electron chi connectivity index (χ2n) is 12.9. The van der Waals surface area contributed by atoms with Crippen LogP contribution in [-0.2, 0) is 0 Å². The summed E-state index contributed by atoms with van der Waals surface area (Å²) < 4.78 is 14.2. The maximum Gasteiger partial charge on any atom is 0.125 e. The van der Waals surface area contributed by atoms with Gasteiger partial charge in [-0.2, -0.15) is 0 Å². The van der Waals surface area contributed by atoms with E-state index in [1.165, 1.54) is 23.5 Å². The lowest BCUT2D eigenvalue weighted by atomic mass is 10.0. The van der Waals surface area contributed by atoms with Crippen LogP contribution in [0.15, 0.2) is 66.7 Å². The topological polar surface area (TPSA) is 45.2 Å². The molecular weight excluding hydrogens is 563 g/mol. The van der Waals surface area contributed by atoms with E-state index in [1.807, 2.05) is 0 Å². The maximum absolute atomic E-state index is 14.2. The zero-order valence-corrected chi connectivity index (χ0v) is 27.3. The molecular formula is C36H47FN8. The van der Waals surface area contributed by atoms with E-state index in [2.05, 4.69) is 106 Å². The number of fused-ring (bicyclic) bond motifs is 1. The van der Waals surface area contributed by atoms with E-state index in [4.69, 9.17) is 9.97 Å². The van der Waals surface area contributed by atoms with Crippen molar-refractivity contribution in [2.24, 2.45) is 0 Å². The average Bonchev–Trinajstić information content (AvgIpc) is 3.06. The number of hydrogen-bond donors (Lipinski definition) is 0. The zero-order chi connectivity index (χ0) is 31.3. The van der Waals surface area contributed by atoms with E-state index in [-0.39, 0.29) is 5.82 Å². The van der Waals surface area contributed by atoms with Gasteiger partial charge in [0, 0.05) is 107 Å². The van der Waals surface area contributed by atoms with E-state index in [9.17, 15) is 4.39 Å². The van der Waals surface area contributed by atoms with E-state index in [0.717, 1.165) is 101 Å². The molecule has 0 spiro atoms. The highest BCUT2D eigenvalue weighted by molar-refractivity contribution is 5.86. The lowest BCUT2D eigenvalue weighted by Gasteiger charge is -2.36. The van der Waals surface area contributed by atoms with Gasteiger partial charge in [-0.25, -0.2) is 14.4 Å². The summed E-state index contributed by atoms with van der Waals surface area (Å²) in [6.07, 6.45) is 0. The molecule has 2 aliphatic rings. The van der Waals surface area contributed by atoms with Gasteiger partial charge in [-0.05, 0) is 64.6 Å². The van der Waals surface area contributed by atoms with Crippen molar-refractivity contribution in [1.29, 1.82) is 0 Å². The predicted molar refractivity (Wildman–Crippen MR) is 185 cm³/mol. The first kappa shape index (κ1) is 31.4. The smallest absolute Gasteiger partial charge is 0.125 e. The van der Waals surface area contributed by atoms with Gasteiger partial charge in [0.25, 0.3) is 0 Å². The van der Waals surface area contributed by atoms with Crippen molar-refractivity contribution in [2.45, 2.75) is 0 Å². The molecule has 0 aliphatic carbocycles. The SMILES string of the molecule is CN(C)CCN1CCN(c2ccc(-c3nc4ccc(F)cc4nc3-c3ccc(N4CCN(CCN(C)C)CC4)cc3)cc2)CC1. The monoisotopic (exact) mass is 610 g/mol. The van der Waals surface area contributed by atoms with Crippen LogP contribution in [0.25, 0.3) is 33.5 Å². The molecule has 2 aliphatic heterocycles. The third-order valence-corrected chi connectivity index (χ3v) is 9.11. The third kappa shape index (κ3) is 7.79. The zero-order valence-electron chi connectivity index (χ0n) is 27.3. The average molecular weight is 611 g/mol. The summed E-state index contributed by atoms with van der Waals surface area (Å²) in [5.74, 6) is -0.304. The molecule has 2 fully saturated rings. The van der Waals surface area contributed by atoms with Crippen LogP contribution in [-0.4, -0.2) is 136 Å². The summed E-state index contributed by atoms with van der Waals surface area (Å²) in [5.41, 5.74) is 7.29. The van der Waals surface area contributed by atoms with Crippen LogP contribution in [0.1, 0.15) is 0 Å². The third-order valence-electron chi connectivity index (χ3n) is 9.11. The second kappa shape index (κ2) is 14.2. The number of anilines is 2. The molecule has 0 saturated carbocycles. The Labute approximate surface area is 267 Å². The van der Waals surface area contributed by atoms with E-state index >= 15 is 0 Å². The molecule has 0 amide bonds. The molecule has 0 radical (unpaired) electrons. The quantitative estimate of drug-likeness (QED) is 0.261. The van der Waals surface area contributed by atoms with Crippen LogP contribution in [0.2, 0.25) is 0 Å². The molecule has 0 atom stereocenters. The molecule has 45 heavy (non-hydrogen) atoms. The van der Waals surface area contributed by atoms with Crippen molar-refractivity contribution in [3.8, 4) is 22.5 Å². The van der Waals surface area contributed by atoms with Gasteiger partial charge in [-0.1, -0.05) is 24.3 Å². The number of rotatable bonds is 10. The number of likely N-dealkylation sites (N-methyl/N-ethyl adjacent to an activating group) is 2. The normalized spacial score (nSPS) is 16.8. The predicted octanol–water partition coefficient (Wildman–Crippen LogP) is 4.47. The number of piperazine rings is 2. The van der Waals surface area contributed by atoms with Gasteiger partial charge >= 0.3 is 0 Å². The molecule has 3 aromatic carbocycles. The molecule has 238 valence electrons. The van der Waals surface area contributed by atoms with Crippen LogP contribution < -0.4 is 9.80 Å². The van der Waals surface area contributed by atoms with Crippen LogP contribution in [0.5, 0.6) is 0 Å². The molecule has 4 aromatic rings. The van der Waals surface area contributed by atoms with Crippen molar-refractivity contribution in [3.63, 3.8) is 0 Å². The summed E-state index contributed by atoms with van der Waals surface area (Å²) in [6.45, 7) is 12.8. The number of halogens is 1. The molecule has 6 rings (SSSR count). The summed E-state index contributed by atoms with van der Waals surface area (Å²) in [5, 5.41) is 0. The number of hydrogen-bond acceptors (Lipinski definition) is 8. The van der Waals surface area contributed by atoms with Gasteiger partial charge in [0.1, 0.15) is 5.82 Å². The minimum Gasteiger partial charge on any atom is -0.369 e. The summed E-state index contributed by atoms with van der Waals surface area (Å²) in [7, 11) is 8.52. The van der Waals surface area contributed by atoms with Crippen molar-refractivity contribution >= 4 is 22.4 Å². The lowest BCUT2D eigenvalue weighted by molar-refractivity contribution is 0.229. The maximum atomic E-state index is 14.2. The first-order valence-corrected chi connectivity index (χ1v) is 16.2. The Hall–Kier alpha value is -3.63. The highest BCUT2D eigenvalue weighted by atomic mass is 19.1. The van der Waals surface area contributed by atoms with Crippen molar-refractivity contribution in [2.75, 3.05) is 117 Å². The Kier molecular flexibility index (Phi) is 9.90. The summed E-state index contributed by atoms with van der Waals surface area (Å²) in [4.78, 5) is 24.5. The van der Waals surface area contributed by atoms with Gasteiger partial charge in [-0.15, -0.1) is 0 Å². The minimum atomic E-state index is -0.304. The van der Waals surface area contributed by atoms with Crippen molar-refractivity contribution < 1.29 is 4.39 Å². The Bertz CT molecular complexity index is 1540. The van der Waals surface area contributed by atoms with Crippen molar-refractivity contribution in [1.82, 2.24) is 29.6 Å². The van der Waals surface area contributed by atoms with Gasteiger partial charge < -0.3 is 19.6 Å².